The zero-order chi connectivity index (χ0) is 15.0. The second kappa shape index (κ2) is 5.57. The summed E-state index contributed by atoms with van der Waals surface area (Å²) in [4.78, 5) is 14.2. The molecule has 0 radical (unpaired) electrons. The minimum Gasteiger partial charge on any atom is -0.312 e. The Kier molecular flexibility index (Phi) is 3.92. The van der Waals surface area contributed by atoms with Crippen LogP contribution in [0.2, 0.25) is 0 Å². The van der Waals surface area contributed by atoms with Gasteiger partial charge in [-0.25, -0.2) is 8.42 Å². The number of aromatic nitrogens is 1. The number of hydrogen-bond donors (Lipinski definition) is 0. The molecule has 0 aliphatic carbocycles. The maximum atomic E-state index is 11.9. The van der Waals surface area contributed by atoms with E-state index in [1.54, 1.807) is 13.0 Å². The molecule has 3 rings (SSSR count). The summed E-state index contributed by atoms with van der Waals surface area (Å²) in [6, 6.07) is 5.49. The smallest absolute Gasteiger partial charge is 0.250 e. The van der Waals surface area contributed by atoms with Crippen molar-refractivity contribution in [2.45, 2.75) is 25.8 Å². The van der Waals surface area contributed by atoms with E-state index in [0.29, 0.717) is 18.4 Å². The second-order valence-electron chi connectivity index (χ2n) is 6.19. The van der Waals surface area contributed by atoms with Crippen molar-refractivity contribution in [2.75, 3.05) is 31.1 Å². The number of pyridine rings is 1. The summed E-state index contributed by atoms with van der Waals surface area (Å²) in [6.07, 6.45) is 1.11. The lowest BCUT2D eigenvalue weighted by Gasteiger charge is -2.42. The molecule has 21 heavy (non-hydrogen) atoms. The summed E-state index contributed by atoms with van der Waals surface area (Å²) in [5.41, 5.74) is 1.20. The molecule has 0 amide bonds. The van der Waals surface area contributed by atoms with Crippen molar-refractivity contribution in [3.05, 3.63) is 34.2 Å². The van der Waals surface area contributed by atoms with Gasteiger partial charge in [0.25, 0.3) is 5.56 Å². The standard InChI is InChI=1S/C15H22N2O3S/c1-2-21(19,20)7-6-16-9-12-8-13(11-16)14-4-3-5-15(18)17(14)10-12/h3-5,12-13H,2,6-11H2,1H3/t12-,13-/m0/s1. The van der Waals surface area contributed by atoms with Crippen molar-refractivity contribution >= 4 is 9.84 Å². The van der Waals surface area contributed by atoms with Crippen LogP contribution in [0.4, 0.5) is 0 Å². The lowest BCUT2D eigenvalue weighted by atomic mass is 9.83. The van der Waals surface area contributed by atoms with Crippen LogP contribution in [0.3, 0.4) is 0 Å². The van der Waals surface area contributed by atoms with E-state index < -0.39 is 9.84 Å². The highest BCUT2D eigenvalue weighted by atomic mass is 32.2. The van der Waals surface area contributed by atoms with Gasteiger partial charge in [0.2, 0.25) is 0 Å². The molecule has 116 valence electrons. The summed E-state index contributed by atoms with van der Waals surface area (Å²) >= 11 is 0. The Balaban J connectivity index is 1.75. The van der Waals surface area contributed by atoms with E-state index >= 15 is 0 Å². The van der Waals surface area contributed by atoms with Crippen LogP contribution < -0.4 is 5.56 Å². The van der Waals surface area contributed by atoms with Crippen molar-refractivity contribution in [2.24, 2.45) is 5.92 Å². The zero-order valence-electron chi connectivity index (χ0n) is 12.4. The number of likely N-dealkylation sites (tertiary alicyclic amines) is 1. The third kappa shape index (κ3) is 3.06. The van der Waals surface area contributed by atoms with Gasteiger partial charge in [0.1, 0.15) is 0 Å². The predicted molar refractivity (Wildman–Crippen MR) is 82.3 cm³/mol. The van der Waals surface area contributed by atoms with Crippen LogP contribution in [0.25, 0.3) is 0 Å². The minimum absolute atomic E-state index is 0.0872. The van der Waals surface area contributed by atoms with E-state index in [4.69, 9.17) is 0 Å². The number of fused-ring (bicyclic) bond motifs is 4. The van der Waals surface area contributed by atoms with Crippen LogP contribution in [0, 0.1) is 5.92 Å². The number of sulfone groups is 1. The molecule has 2 aliphatic rings. The summed E-state index contributed by atoms with van der Waals surface area (Å²) in [6.45, 7) is 4.83. The minimum atomic E-state index is -2.91. The Hall–Kier alpha value is -1.14. The number of nitrogens with zero attached hydrogens (tertiary/aromatic N) is 2. The largest absolute Gasteiger partial charge is 0.312 e. The molecule has 0 unspecified atom stereocenters. The maximum Gasteiger partial charge on any atom is 0.250 e. The first-order chi connectivity index (χ1) is 9.98. The first-order valence-corrected chi connectivity index (χ1v) is 9.43. The van der Waals surface area contributed by atoms with Crippen molar-refractivity contribution in [1.29, 1.82) is 0 Å². The number of hydrogen-bond acceptors (Lipinski definition) is 4. The molecule has 1 fully saturated rings. The van der Waals surface area contributed by atoms with E-state index in [9.17, 15) is 13.2 Å². The third-order valence-corrected chi connectivity index (χ3v) is 6.40. The van der Waals surface area contributed by atoms with Crippen molar-refractivity contribution in [3.8, 4) is 0 Å². The summed E-state index contributed by atoms with van der Waals surface area (Å²) in [7, 11) is -2.91. The highest BCUT2D eigenvalue weighted by Gasteiger charge is 2.34. The second-order valence-corrected chi connectivity index (χ2v) is 8.67. The number of rotatable bonds is 4. The lowest BCUT2D eigenvalue weighted by molar-refractivity contribution is 0.126. The number of piperidine rings is 1. The van der Waals surface area contributed by atoms with E-state index in [2.05, 4.69) is 4.90 Å². The maximum absolute atomic E-state index is 11.9. The summed E-state index contributed by atoms with van der Waals surface area (Å²) in [5.74, 6) is 1.27. The van der Waals surface area contributed by atoms with Crippen LogP contribution in [-0.4, -0.2) is 49.0 Å². The Morgan fingerprint density at radius 1 is 1.24 bits per heavy atom. The Morgan fingerprint density at radius 3 is 2.81 bits per heavy atom. The molecule has 1 aromatic rings. The van der Waals surface area contributed by atoms with Gasteiger partial charge in [0, 0.05) is 49.6 Å². The summed E-state index contributed by atoms with van der Waals surface area (Å²) in [5, 5.41) is 0. The van der Waals surface area contributed by atoms with Crippen LogP contribution in [0.5, 0.6) is 0 Å². The van der Waals surface area contributed by atoms with Gasteiger partial charge in [-0.05, 0) is 18.4 Å². The fourth-order valence-electron chi connectivity index (χ4n) is 3.59. The fourth-order valence-corrected chi connectivity index (χ4v) is 4.42. The SMILES string of the molecule is CCS(=O)(=O)CCN1C[C@@H]2C[C@@H](C1)c1cccc(=O)n1C2. The van der Waals surface area contributed by atoms with Gasteiger partial charge in [-0.3, -0.25) is 4.79 Å². The molecule has 0 aromatic carbocycles. The molecule has 6 heteroatoms. The van der Waals surface area contributed by atoms with Gasteiger partial charge in [-0.2, -0.15) is 0 Å². The first kappa shape index (κ1) is 14.8. The molecule has 1 aromatic heterocycles. The van der Waals surface area contributed by atoms with Crippen LogP contribution in [0.15, 0.2) is 23.0 Å². The topological polar surface area (TPSA) is 59.4 Å². The van der Waals surface area contributed by atoms with Gasteiger partial charge < -0.3 is 9.47 Å². The molecule has 2 bridgehead atoms. The average Bonchev–Trinajstić information content (AvgIpc) is 2.46. The normalized spacial score (nSPS) is 25.6. The van der Waals surface area contributed by atoms with Gasteiger partial charge in [-0.1, -0.05) is 13.0 Å². The van der Waals surface area contributed by atoms with Crippen molar-refractivity contribution < 1.29 is 8.42 Å². The highest BCUT2D eigenvalue weighted by molar-refractivity contribution is 7.91. The molecule has 0 N–H and O–H groups in total. The van der Waals surface area contributed by atoms with Crippen LogP contribution >= 0.6 is 0 Å². The molecule has 3 heterocycles. The Bertz CT molecular complexity index is 680. The lowest BCUT2D eigenvalue weighted by Crippen LogP contribution is -2.48. The highest BCUT2D eigenvalue weighted by Crippen LogP contribution is 2.34. The molecular weight excluding hydrogens is 288 g/mol. The molecule has 1 saturated heterocycles. The van der Waals surface area contributed by atoms with Crippen LogP contribution in [-0.2, 0) is 16.4 Å². The van der Waals surface area contributed by atoms with E-state index in [1.165, 1.54) is 0 Å². The van der Waals surface area contributed by atoms with Crippen molar-refractivity contribution in [1.82, 2.24) is 9.47 Å². The van der Waals surface area contributed by atoms with Gasteiger partial charge in [0.05, 0.1) is 5.75 Å². The van der Waals surface area contributed by atoms with Gasteiger partial charge in [0.15, 0.2) is 9.84 Å². The van der Waals surface area contributed by atoms with Gasteiger partial charge in [-0.15, -0.1) is 0 Å². The fraction of sp³-hybridized carbons (Fsp3) is 0.667. The zero-order valence-corrected chi connectivity index (χ0v) is 13.2. The molecule has 2 atom stereocenters. The Morgan fingerprint density at radius 2 is 2.05 bits per heavy atom. The monoisotopic (exact) mass is 310 g/mol. The van der Waals surface area contributed by atoms with E-state index in [1.807, 2.05) is 16.7 Å². The molecule has 0 spiro atoms. The van der Waals surface area contributed by atoms with Crippen LogP contribution in [0.1, 0.15) is 25.0 Å². The van der Waals surface area contributed by atoms with E-state index in [-0.39, 0.29) is 17.1 Å². The molecule has 5 nitrogen and oxygen atoms in total. The van der Waals surface area contributed by atoms with Crippen molar-refractivity contribution in [3.63, 3.8) is 0 Å². The third-order valence-electron chi connectivity index (χ3n) is 4.71. The average molecular weight is 310 g/mol. The molecule has 2 aliphatic heterocycles. The first-order valence-electron chi connectivity index (χ1n) is 7.61. The quantitative estimate of drug-likeness (QED) is 0.821. The Labute approximate surface area is 125 Å². The molecular formula is C15H22N2O3S. The molecule has 0 saturated carbocycles. The predicted octanol–water partition coefficient (Wildman–Crippen LogP) is 0.702. The van der Waals surface area contributed by atoms with Gasteiger partial charge >= 0.3 is 0 Å². The van der Waals surface area contributed by atoms with E-state index in [0.717, 1.165) is 31.7 Å². The summed E-state index contributed by atoms with van der Waals surface area (Å²) < 4.78 is 25.2.